The third kappa shape index (κ3) is 2.21. The summed E-state index contributed by atoms with van der Waals surface area (Å²) in [6.45, 7) is 4.83. The quantitative estimate of drug-likeness (QED) is 0.862. The second kappa shape index (κ2) is 5.15. The number of piperidine rings is 1. The summed E-state index contributed by atoms with van der Waals surface area (Å²) in [5.74, 6) is 0.109. The third-order valence-electron chi connectivity index (χ3n) is 4.60. The van der Waals surface area contributed by atoms with E-state index in [0.29, 0.717) is 12.2 Å². The van der Waals surface area contributed by atoms with Crippen LogP contribution in [0.2, 0.25) is 0 Å². The molecular weight excluding hydrogens is 264 g/mol. The third-order valence-corrected chi connectivity index (χ3v) is 4.60. The molecule has 2 aromatic rings. The summed E-state index contributed by atoms with van der Waals surface area (Å²) in [5.41, 5.74) is 2.72. The second-order valence-corrected chi connectivity index (χ2v) is 5.98. The monoisotopic (exact) mass is 284 g/mol. The predicted molar refractivity (Wildman–Crippen MR) is 80.2 cm³/mol. The predicted octanol–water partition coefficient (Wildman–Crippen LogP) is 1.78. The van der Waals surface area contributed by atoms with Crippen LogP contribution < -0.4 is 0 Å². The first-order chi connectivity index (χ1) is 10.3. The molecule has 0 aromatic carbocycles. The van der Waals surface area contributed by atoms with Crippen molar-refractivity contribution in [1.82, 2.24) is 19.2 Å². The fraction of sp³-hybridized carbons (Fsp3) is 0.500. The van der Waals surface area contributed by atoms with Crippen molar-refractivity contribution < 1.29 is 4.79 Å². The summed E-state index contributed by atoms with van der Waals surface area (Å²) in [4.78, 5) is 21.3. The van der Waals surface area contributed by atoms with Crippen molar-refractivity contribution in [3.63, 3.8) is 0 Å². The summed E-state index contributed by atoms with van der Waals surface area (Å²) >= 11 is 0. The van der Waals surface area contributed by atoms with Gasteiger partial charge in [-0.1, -0.05) is 12.5 Å². The van der Waals surface area contributed by atoms with E-state index in [-0.39, 0.29) is 5.91 Å². The van der Waals surface area contributed by atoms with Crippen LogP contribution >= 0.6 is 0 Å². The van der Waals surface area contributed by atoms with Crippen LogP contribution in [0.1, 0.15) is 35.4 Å². The summed E-state index contributed by atoms with van der Waals surface area (Å²) in [5, 5.41) is 0. The lowest BCUT2D eigenvalue weighted by Crippen LogP contribution is -2.42. The Morgan fingerprint density at radius 3 is 2.81 bits per heavy atom. The largest absolute Gasteiger partial charge is 0.330 e. The van der Waals surface area contributed by atoms with E-state index in [0.717, 1.165) is 24.4 Å². The molecule has 1 amide bonds. The lowest BCUT2D eigenvalue weighted by molar-refractivity contribution is 0.0686. The summed E-state index contributed by atoms with van der Waals surface area (Å²) in [7, 11) is 0. The minimum atomic E-state index is 0.109. The molecule has 0 radical (unpaired) electrons. The topological polar surface area (TPSA) is 40.9 Å². The van der Waals surface area contributed by atoms with Gasteiger partial charge in [-0.2, -0.15) is 0 Å². The van der Waals surface area contributed by atoms with Gasteiger partial charge in [-0.25, -0.2) is 4.98 Å². The van der Waals surface area contributed by atoms with Gasteiger partial charge in [0, 0.05) is 18.8 Å². The van der Waals surface area contributed by atoms with Crippen LogP contribution in [0.25, 0.3) is 5.65 Å². The molecule has 0 aliphatic carbocycles. The lowest BCUT2D eigenvalue weighted by Gasteiger charge is -2.32. The first-order valence-electron chi connectivity index (χ1n) is 7.80. The molecule has 0 saturated carbocycles. The zero-order valence-electron chi connectivity index (χ0n) is 12.2. The SMILES string of the molecule is O=C1c2cnc3cccc(n23)CN1CCN1CCCCC1. The highest BCUT2D eigenvalue weighted by Crippen LogP contribution is 2.20. The molecule has 1 fully saturated rings. The fourth-order valence-electron chi connectivity index (χ4n) is 3.43. The van der Waals surface area contributed by atoms with Crippen molar-refractivity contribution in [3.8, 4) is 0 Å². The summed E-state index contributed by atoms with van der Waals surface area (Å²) < 4.78 is 1.99. The van der Waals surface area contributed by atoms with Crippen LogP contribution in [-0.4, -0.2) is 51.3 Å². The number of likely N-dealkylation sites (tertiary alicyclic amines) is 1. The van der Waals surface area contributed by atoms with E-state index in [1.54, 1.807) is 6.20 Å². The molecule has 0 unspecified atom stereocenters. The van der Waals surface area contributed by atoms with Gasteiger partial charge < -0.3 is 9.80 Å². The van der Waals surface area contributed by atoms with E-state index in [1.165, 1.54) is 32.4 Å². The molecule has 110 valence electrons. The minimum absolute atomic E-state index is 0.109. The molecule has 5 nitrogen and oxygen atoms in total. The molecule has 1 saturated heterocycles. The van der Waals surface area contributed by atoms with Crippen LogP contribution in [-0.2, 0) is 6.54 Å². The Morgan fingerprint density at radius 2 is 1.95 bits per heavy atom. The second-order valence-electron chi connectivity index (χ2n) is 5.98. The van der Waals surface area contributed by atoms with Crippen LogP contribution in [0.5, 0.6) is 0 Å². The Labute approximate surface area is 124 Å². The Bertz CT molecular complexity index is 672. The first kappa shape index (κ1) is 12.8. The van der Waals surface area contributed by atoms with E-state index in [9.17, 15) is 4.79 Å². The van der Waals surface area contributed by atoms with Crippen LogP contribution in [0.4, 0.5) is 0 Å². The van der Waals surface area contributed by atoms with E-state index in [2.05, 4.69) is 16.0 Å². The highest BCUT2D eigenvalue weighted by Gasteiger charge is 2.26. The van der Waals surface area contributed by atoms with Gasteiger partial charge in [0.25, 0.3) is 5.91 Å². The van der Waals surface area contributed by atoms with E-state index >= 15 is 0 Å². The van der Waals surface area contributed by atoms with Crippen molar-refractivity contribution in [2.75, 3.05) is 26.2 Å². The Morgan fingerprint density at radius 1 is 1.10 bits per heavy atom. The molecule has 2 aromatic heterocycles. The molecule has 2 aliphatic heterocycles. The van der Waals surface area contributed by atoms with Gasteiger partial charge in [-0.3, -0.25) is 9.20 Å². The van der Waals surface area contributed by atoms with Gasteiger partial charge in [0.05, 0.1) is 12.7 Å². The van der Waals surface area contributed by atoms with Crippen LogP contribution in [0, 0.1) is 0 Å². The highest BCUT2D eigenvalue weighted by atomic mass is 16.2. The van der Waals surface area contributed by atoms with Crippen molar-refractivity contribution >= 4 is 11.6 Å². The number of hydrogen-bond donors (Lipinski definition) is 0. The van der Waals surface area contributed by atoms with E-state index < -0.39 is 0 Å². The molecule has 0 N–H and O–H groups in total. The summed E-state index contributed by atoms with van der Waals surface area (Å²) in [6.07, 6.45) is 5.63. The molecule has 21 heavy (non-hydrogen) atoms. The normalized spacial score (nSPS) is 19.4. The van der Waals surface area contributed by atoms with Crippen molar-refractivity contribution in [3.05, 3.63) is 35.8 Å². The molecular formula is C16H20N4O. The molecule has 2 aliphatic rings. The van der Waals surface area contributed by atoms with Crippen molar-refractivity contribution in [2.24, 2.45) is 0 Å². The van der Waals surface area contributed by atoms with Gasteiger partial charge in [0.2, 0.25) is 0 Å². The average molecular weight is 284 g/mol. The number of pyridine rings is 1. The Hall–Kier alpha value is -1.88. The van der Waals surface area contributed by atoms with Crippen molar-refractivity contribution in [1.29, 1.82) is 0 Å². The minimum Gasteiger partial charge on any atom is -0.330 e. The Kier molecular flexibility index (Phi) is 3.15. The van der Waals surface area contributed by atoms with Gasteiger partial charge in [-0.05, 0) is 38.1 Å². The van der Waals surface area contributed by atoms with Gasteiger partial charge in [0.15, 0.2) is 0 Å². The van der Waals surface area contributed by atoms with E-state index in [4.69, 9.17) is 0 Å². The lowest BCUT2D eigenvalue weighted by atomic mass is 10.1. The fourth-order valence-corrected chi connectivity index (χ4v) is 3.43. The molecule has 4 heterocycles. The molecule has 0 bridgehead atoms. The Balaban J connectivity index is 1.52. The number of carbonyl (C=O) groups is 1. The number of rotatable bonds is 3. The van der Waals surface area contributed by atoms with Gasteiger partial charge >= 0.3 is 0 Å². The number of amides is 1. The summed E-state index contributed by atoms with van der Waals surface area (Å²) in [6, 6.07) is 6.04. The number of aromatic nitrogens is 2. The maximum absolute atomic E-state index is 12.6. The van der Waals surface area contributed by atoms with Gasteiger partial charge in [0.1, 0.15) is 11.3 Å². The molecule has 5 heteroatoms. The standard InChI is InChI=1S/C16H20N4O/c21-16-14-11-17-15-6-4-5-13(20(14)15)12-19(16)10-9-18-7-2-1-3-8-18/h4-6,11H,1-3,7-10,12H2. The molecule has 4 rings (SSSR count). The maximum Gasteiger partial charge on any atom is 0.272 e. The first-order valence-corrected chi connectivity index (χ1v) is 7.80. The smallest absolute Gasteiger partial charge is 0.272 e. The highest BCUT2D eigenvalue weighted by molar-refractivity contribution is 5.94. The average Bonchev–Trinajstić information content (AvgIpc) is 2.96. The van der Waals surface area contributed by atoms with Crippen LogP contribution in [0.15, 0.2) is 24.4 Å². The molecule has 0 spiro atoms. The van der Waals surface area contributed by atoms with Crippen LogP contribution in [0.3, 0.4) is 0 Å². The molecule has 0 atom stereocenters. The van der Waals surface area contributed by atoms with Gasteiger partial charge in [-0.15, -0.1) is 0 Å². The number of hydrogen-bond acceptors (Lipinski definition) is 3. The zero-order valence-corrected chi connectivity index (χ0v) is 12.2. The number of carbonyl (C=O) groups excluding carboxylic acids is 1. The van der Waals surface area contributed by atoms with Crippen molar-refractivity contribution in [2.45, 2.75) is 25.8 Å². The van der Waals surface area contributed by atoms with E-state index in [1.807, 2.05) is 21.4 Å². The maximum atomic E-state index is 12.6. The zero-order chi connectivity index (χ0) is 14.2. The number of imidazole rings is 1. The number of nitrogens with zero attached hydrogens (tertiary/aromatic N) is 4.